The minimum Gasteiger partial charge on any atom is -0.342 e. The maximum Gasteiger partial charge on any atom is 0.236 e. The number of hydrogen-bond acceptors (Lipinski definition) is 3. The molecule has 1 heterocycles. The third-order valence-corrected chi connectivity index (χ3v) is 3.10. The van der Waals surface area contributed by atoms with Crippen LogP contribution in [0.5, 0.6) is 0 Å². The Morgan fingerprint density at radius 3 is 2.71 bits per heavy atom. The molecular formula is C12H22N4O. The molecule has 0 unspecified atom stereocenters. The monoisotopic (exact) mass is 238 g/mol. The summed E-state index contributed by atoms with van der Waals surface area (Å²) in [6.07, 6.45) is 1.83. The summed E-state index contributed by atoms with van der Waals surface area (Å²) in [6.45, 7) is 7.07. The van der Waals surface area contributed by atoms with E-state index in [4.69, 9.17) is 0 Å². The van der Waals surface area contributed by atoms with E-state index in [2.05, 4.69) is 10.4 Å². The first-order valence-corrected chi connectivity index (χ1v) is 5.87. The van der Waals surface area contributed by atoms with Gasteiger partial charge in [-0.25, -0.2) is 0 Å². The van der Waals surface area contributed by atoms with Gasteiger partial charge in [0.2, 0.25) is 5.91 Å². The summed E-state index contributed by atoms with van der Waals surface area (Å²) >= 11 is 0. The fraction of sp³-hybridized carbons (Fsp3) is 0.667. The average molecular weight is 238 g/mol. The van der Waals surface area contributed by atoms with Crippen LogP contribution in [0.3, 0.4) is 0 Å². The highest BCUT2D eigenvalue weighted by Crippen LogP contribution is 2.04. The second-order valence-electron chi connectivity index (χ2n) is 4.58. The number of amides is 1. The molecular weight excluding hydrogens is 216 g/mol. The number of carbonyl (C=O) groups excluding carboxylic acids is 1. The van der Waals surface area contributed by atoms with Gasteiger partial charge in [-0.3, -0.25) is 9.48 Å². The van der Waals surface area contributed by atoms with Crippen LogP contribution in [0.1, 0.15) is 25.1 Å². The van der Waals surface area contributed by atoms with Crippen molar-refractivity contribution in [2.75, 3.05) is 13.6 Å². The molecule has 1 rings (SSSR count). The lowest BCUT2D eigenvalue weighted by atomic mass is 10.2. The van der Waals surface area contributed by atoms with Gasteiger partial charge < -0.3 is 10.2 Å². The molecule has 5 heteroatoms. The number of nitrogens with zero attached hydrogens (tertiary/aromatic N) is 3. The number of rotatable bonds is 5. The summed E-state index contributed by atoms with van der Waals surface area (Å²) < 4.78 is 1.83. The van der Waals surface area contributed by atoms with E-state index in [1.165, 1.54) is 0 Å². The minimum absolute atomic E-state index is 0.113. The normalized spacial score (nSPS) is 10.9. The summed E-state index contributed by atoms with van der Waals surface area (Å²) in [5, 5.41) is 7.31. The lowest BCUT2D eigenvalue weighted by Crippen LogP contribution is -2.39. The van der Waals surface area contributed by atoms with Crippen LogP contribution >= 0.6 is 0 Å². The standard InChI is InChI=1S/C12H22N4O/c1-9(2)15(4)12(17)8-13-6-11-7-14-16(5)10(11)3/h7,9,13H,6,8H2,1-5H3. The van der Waals surface area contributed by atoms with Crippen molar-refractivity contribution in [1.82, 2.24) is 20.0 Å². The third-order valence-electron chi connectivity index (χ3n) is 3.10. The molecule has 0 aliphatic rings. The zero-order valence-electron chi connectivity index (χ0n) is 11.3. The fourth-order valence-electron chi connectivity index (χ4n) is 1.43. The van der Waals surface area contributed by atoms with E-state index in [-0.39, 0.29) is 11.9 Å². The summed E-state index contributed by atoms with van der Waals surface area (Å²) in [4.78, 5) is 13.4. The largest absolute Gasteiger partial charge is 0.342 e. The Morgan fingerprint density at radius 2 is 2.24 bits per heavy atom. The highest BCUT2D eigenvalue weighted by Gasteiger charge is 2.11. The van der Waals surface area contributed by atoms with Gasteiger partial charge in [0.25, 0.3) is 0 Å². The number of likely N-dealkylation sites (N-methyl/N-ethyl adjacent to an activating group) is 1. The predicted molar refractivity (Wildman–Crippen MR) is 67.6 cm³/mol. The molecule has 0 aromatic carbocycles. The summed E-state index contributed by atoms with van der Waals surface area (Å²) in [5.41, 5.74) is 2.26. The Hall–Kier alpha value is -1.36. The molecule has 0 radical (unpaired) electrons. The Morgan fingerprint density at radius 1 is 1.59 bits per heavy atom. The molecule has 0 saturated carbocycles. The van der Waals surface area contributed by atoms with E-state index < -0.39 is 0 Å². The van der Waals surface area contributed by atoms with E-state index in [0.717, 1.165) is 11.3 Å². The van der Waals surface area contributed by atoms with Gasteiger partial charge in [0.1, 0.15) is 0 Å². The molecule has 17 heavy (non-hydrogen) atoms. The van der Waals surface area contributed by atoms with Crippen molar-refractivity contribution >= 4 is 5.91 Å². The molecule has 1 amide bonds. The molecule has 0 spiro atoms. The van der Waals surface area contributed by atoms with E-state index >= 15 is 0 Å². The van der Waals surface area contributed by atoms with Crippen LogP contribution in [-0.4, -0.2) is 40.2 Å². The van der Waals surface area contributed by atoms with E-state index in [1.54, 1.807) is 4.90 Å². The predicted octanol–water partition coefficient (Wildman–Crippen LogP) is 0.685. The lowest BCUT2D eigenvalue weighted by molar-refractivity contribution is -0.130. The third kappa shape index (κ3) is 3.56. The Balaban J connectivity index is 2.38. The maximum absolute atomic E-state index is 11.7. The SMILES string of the molecule is Cc1c(CNCC(=O)N(C)C(C)C)cnn1C. The molecule has 96 valence electrons. The van der Waals surface area contributed by atoms with Gasteiger partial charge in [-0.15, -0.1) is 0 Å². The molecule has 5 nitrogen and oxygen atoms in total. The number of aromatic nitrogens is 2. The average Bonchev–Trinajstić information content (AvgIpc) is 2.59. The maximum atomic E-state index is 11.7. The van der Waals surface area contributed by atoms with Gasteiger partial charge in [-0.2, -0.15) is 5.10 Å². The molecule has 0 saturated heterocycles. The van der Waals surface area contributed by atoms with Crippen LogP contribution in [0.4, 0.5) is 0 Å². The van der Waals surface area contributed by atoms with Crippen LogP contribution in [0, 0.1) is 6.92 Å². The summed E-state index contributed by atoms with van der Waals surface area (Å²) in [6, 6.07) is 0.240. The van der Waals surface area contributed by atoms with Crippen molar-refractivity contribution in [1.29, 1.82) is 0 Å². The fourth-order valence-corrected chi connectivity index (χ4v) is 1.43. The number of aryl methyl sites for hydroxylation is 1. The van der Waals surface area contributed by atoms with Crippen molar-refractivity contribution in [3.63, 3.8) is 0 Å². The number of nitrogens with one attached hydrogen (secondary N) is 1. The molecule has 0 aliphatic heterocycles. The summed E-state index contributed by atoms with van der Waals surface area (Å²) in [5.74, 6) is 0.113. The second kappa shape index (κ2) is 5.82. The van der Waals surface area contributed by atoms with Crippen LogP contribution in [0.25, 0.3) is 0 Å². The Kier molecular flexibility index (Phi) is 4.69. The first kappa shape index (κ1) is 13.7. The first-order chi connectivity index (χ1) is 7.93. The molecule has 1 N–H and O–H groups in total. The van der Waals surface area contributed by atoms with Crippen LogP contribution in [0.2, 0.25) is 0 Å². The molecule has 0 bridgehead atoms. The molecule has 0 atom stereocenters. The minimum atomic E-state index is 0.113. The van der Waals surface area contributed by atoms with E-state index in [1.807, 2.05) is 45.7 Å². The Labute approximate surface area is 103 Å². The van der Waals surface area contributed by atoms with Crippen molar-refractivity contribution in [3.05, 3.63) is 17.5 Å². The van der Waals surface area contributed by atoms with Gasteiger partial charge >= 0.3 is 0 Å². The zero-order chi connectivity index (χ0) is 13.0. The lowest BCUT2D eigenvalue weighted by Gasteiger charge is -2.21. The first-order valence-electron chi connectivity index (χ1n) is 5.87. The molecule has 0 aliphatic carbocycles. The smallest absolute Gasteiger partial charge is 0.236 e. The van der Waals surface area contributed by atoms with Crippen LogP contribution in [-0.2, 0) is 18.4 Å². The molecule has 0 fully saturated rings. The topological polar surface area (TPSA) is 50.2 Å². The van der Waals surface area contributed by atoms with Gasteiger partial charge in [0.15, 0.2) is 0 Å². The zero-order valence-corrected chi connectivity index (χ0v) is 11.3. The second-order valence-corrected chi connectivity index (χ2v) is 4.58. The van der Waals surface area contributed by atoms with Gasteiger partial charge in [-0.05, 0) is 20.8 Å². The highest BCUT2D eigenvalue weighted by molar-refractivity contribution is 5.78. The van der Waals surface area contributed by atoms with Gasteiger partial charge in [0.05, 0.1) is 12.7 Å². The van der Waals surface area contributed by atoms with E-state index in [0.29, 0.717) is 13.1 Å². The van der Waals surface area contributed by atoms with Crippen LogP contribution < -0.4 is 5.32 Å². The van der Waals surface area contributed by atoms with E-state index in [9.17, 15) is 4.79 Å². The number of hydrogen-bond donors (Lipinski definition) is 1. The van der Waals surface area contributed by atoms with Crippen molar-refractivity contribution in [2.24, 2.45) is 7.05 Å². The molecule has 1 aromatic heterocycles. The highest BCUT2D eigenvalue weighted by atomic mass is 16.2. The van der Waals surface area contributed by atoms with Gasteiger partial charge in [-0.1, -0.05) is 0 Å². The Bertz CT molecular complexity index is 384. The van der Waals surface area contributed by atoms with Crippen LogP contribution in [0.15, 0.2) is 6.20 Å². The quantitative estimate of drug-likeness (QED) is 0.821. The number of carbonyl (C=O) groups is 1. The van der Waals surface area contributed by atoms with Crippen molar-refractivity contribution < 1.29 is 4.79 Å². The van der Waals surface area contributed by atoms with Crippen molar-refractivity contribution in [3.8, 4) is 0 Å². The summed E-state index contributed by atoms with van der Waals surface area (Å²) in [7, 11) is 3.74. The molecule has 1 aromatic rings. The van der Waals surface area contributed by atoms with Gasteiger partial charge in [0, 0.05) is 37.9 Å². The van der Waals surface area contributed by atoms with Crippen molar-refractivity contribution in [2.45, 2.75) is 33.4 Å².